The fourth-order valence-electron chi connectivity index (χ4n) is 2.18. The van der Waals surface area contributed by atoms with Gasteiger partial charge in [-0.05, 0) is 32.6 Å². The Hall–Kier alpha value is -1.16. The van der Waals surface area contributed by atoms with Crippen molar-refractivity contribution in [3.63, 3.8) is 0 Å². The quantitative estimate of drug-likeness (QED) is 0.815. The number of nitrogens with one attached hydrogen (secondary N) is 1. The van der Waals surface area contributed by atoms with Gasteiger partial charge in [0, 0.05) is 11.8 Å². The summed E-state index contributed by atoms with van der Waals surface area (Å²) in [5.41, 5.74) is 1.04. The van der Waals surface area contributed by atoms with Crippen molar-refractivity contribution < 1.29 is 5.11 Å². The molecule has 2 atom stereocenters. The number of anilines is 1. The molecule has 0 aliphatic heterocycles. The Morgan fingerprint density at radius 1 is 1.44 bits per heavy atom. The highest BCUT2D eigenvalue weighted by Gasteiger charge is 2.25. The summed E-state index contributed by atoms with van der Waals surface area (Å²) < 4.78 is 0. The molecule has 1 aliphatic rings. The first-order chi connectivity index (χ1) is 7.69. The van der Waals surface area contributed by atoms with Gasteiger partial charge in [-0.1, -0.05) is 6.92 Å². The molecule has 0 aromatic carbocycles. The van der Waals surface area contributed by atoms with E-state index in [2.05, 4.69) is 22.2 Å². The minimum atomic E-state index is -0.236. The minimum absolute atomic E-state index is 0.152. The second kappa shape index (κ2) is 4.78. The van der Waals surface area contributed by atoms with Crippen molar-refractivity contribution in [3.05, 3.63) is 17.6 Å². The SMILES string of the molecule is CCc1cc(NC2CCCC2O)nc(C)n1. The highest BCUT2D eigenvalue weighted by atomic mass is 16.3. The van der Waals surface area contributed by atoms with Gasteiger partial charge in [0.15, 0.2) is 0 Å². The van der Waals surface area contributed by atoms with E-state index in [4.69, 9.17) is 0 Å². The van der Waals surface area contributed by atoms with Crippen LogP contribution in [-0.4, -0.2) is 27.2 Å². The molecule has 1 saturated carbocycles. The second-order valence-corrected chi connectivity index (χ2v) is 4.39. The molecule has 1 aromatic rings. The topological polar surface area (TPSA) is 58.0 Å². The number of aliphatic hydroxyl groups is 1. The Balaban J connectivity index is 2.11. The van der Waals surface area contributed by atoms with Crippen molar-refractivity contribution in [3.8, 4) is 0 Å². The first-order valence-corrected chi connectivity index (χ1v) is 5.98. The Bertz CT molecular complexity index is 367. The predicted molar refractivity (Wildman–Crippen MR) is 63.4 cm³/mol. The van der Waals surface area contributed by atoms with E-state index in [1.165, 1.54) is 0 Å². The number of aryl methyl sites for hydroxylation is 2. The monoisotopic (exact) mass is 221 g/mol. The van der Waals surface area contributed by atoms with Crippen LogP contribution in [0.3, 0.4) is 0 Å². The summed E-state index contributed by atoms with van der Waals surface area (Å²) in [6.07, 6.45) is 3.67. The smallest absolute Gasteiger partial charge is 0.130 e. The van der Waals surface area contributed by atoms with Crippen molar-refractivity contribution in [1.29, 1.82) is 0 Å². The van der Waals surface area contributed by atoms with Crippen LogP contribution in [0.25, 0.3) is 0 Å². The molecule has 1 aliphatic carbocycles. The van der Waals surface area contributed by atoms with Crippen LogP contribution in [0.1, 0.15) is 37.7 Å². The van der Waals surface area contributed by atoms with Crippen molar-refractivity contribution >= 4 is 5.82 Å². The zero-order valence-corrected chi connectivity index (χ0v) is 9.90. The third-order valence-electron chi connectivity index (χ3n) is 3.07. The number of hydrogen-bond acceptors (Lipinski definition) is 4. The van der Waals surface area contributed by atoms with Crippen LogP contribution in [-0.2, 0) is 6.42 Å². The molecule has 0 radical (unpaired) electrons. The number of hydrogen-bond donors (Lipinski definition) is 2. The van der Waals surface area contributed by atoms with E-state index in [1.807, 2.05) is 13.0 Å². The van der Waals surface area contributed by atoms with Gasteiger partial charge < -0.3 is 10.4 Å². The van der Waals surface area contributed by atoms with E-state index in [0.717, 1.165) is 43.0 Å². The van der Waals surface area contributed by atoms with Gasteiger partial charge in [-0.2, -0.15) is 0 Å². The fraction of sp³-hybridized carbons (Fsp3) is 0.667. The molecule has 16 heavy (non-hydrogen) atoms. The summed E-state index contributed by atoms with van der Waals surface area (Å²) in [5, 5.41) is 13.0. The summed E-state index contributed by atoms with van der Waals surface area (Å²) in [5.74, 6) is 1.63. The van der Waals surface area contributed by atoms with Crippen LogP contribution in [0, 0.1) is 6.92 Å². The standard InChI is InChI=1S/C12H19N3O/c1-3-9-7-12(14-8(2)13-9)15-10-5-4-6-11(10)16/h7,10-11,16H,3-6H2,1-2H3,(H,13,14,15). The molecule has 2 N–H and O–H groups in total. The Morgan fingerprint density at radius 2 is 2.25 bits per heavy atom. The van der Waals surface area contributed by atoms with E-state index >= 15 is 0 Å². The molecule has 0 spiro atoms. The summed E-state index contributed by atoms with van der Waals surface area (Å²) in [6.45, 7) is 3.98. The van der Waals surface area contributed by atoms with Gasteiger partial charge in [-0.3, -0.25) is 0 Å². The normalized spacial score (nSPS) is 24.7. The lowest BCUT2D eigenvalue weighted by molar-refractivity contribution is 0.171. The summed E-state index contributed by atoms with van der Waals surface area (Å²) >= 11 is 0. The van der Waals surface area contributed by atoms with Crippen molar-refractivity contribution in [2.75, 3.05) is 5.32 Å². The summed E-state index contributed by atoms with van der Waals surface area (Å²) in [7, 11) is 0. The predicted octanol–water partition coefficient (Wildman–Crippen LogP) is 1.67. The molecule has 88 valence electrons. The van der Waals surface area contributed by atoms with Crippen LogP contribution >= 0.6 is 0 Å². The Kier molecular flexibility index (Phi) is 3.39. The molecule has 4 heteroatoms. The van der Waals surface area contributed by atoms with Gasteiger partial charge in [0.05, 0.1) is 12.1 Å². The summed E-state index contributed by atoms with van der Waals surface area (Å²) in [6, 6.07) is 2.12. The molecule has 1 heterocycles. The van der Waals surface area contributed by atoms with Gasteiger partial charge in [-0.15, -0.1) is 0 Å². The van der Waals surface area contributed by atoms with Crippen LogP contribution < -0.4 is 5.32 Å². The molecule has 2 rings (SSSR count). The van der Waals surface area contributed by atoms with E-state index in [-0.39, 0.29) is 12.1 Å². The van der Waals surface area contributed by atoms with Crippen molar-refractivity contribution in [2.24, 2.45) is 0 Å². The Labute approximate surface area is 96.1 Å². The van der Waals surface area contributed by atoms with Crippen LogP contribution in [0.15, 0.2) is 6.07 Å². The maximum atomic E-state index is 9.74. The number of rotatable bonds is 3. The van der Waals surface area contributed by atoms with Crippen LogP contribution in [0.2, 0.25) is 0 Å². The average molecular weight is 221 g/mol. The van der Waals surface area contributed by atoms with Gasteiger partial charge in [0.25, 0.3) is 0 Å². The molecule has 0 saturated heterocycles. The highest BCUT2D eigenvalue weighted by molar-refractivity contribution is 5.37. The van der Waals surface area contributed by atoms with Gasteiger partial charge in [-0.25, -0.2) is 9.97 Å². The molecule has 1 fully saturated rings. The minimum Gasteiger partial charge on any atom is -0.391 e. The second-order valence-electron chi connectivity index (χ2n) is 4.39. The van der Waals surface area contributed by atoms with E-state index < -0.39 is 0 Å². The average Bonchev–Trinajstić information content (AvgIpc) is 2.63. The van der Waals surface area contributed by atoms with E-state index in [9.17, 15) is 5.11 Å². The zero-order chi connectivity index (χ0) is 11.5. The number of aromatic nitrogens is 2. The molecule has 0 bridgehead atoms. The lowest BCUT2D eigenvalue weighted by Crippen LogP contribution is -2.28. The lowest BCUT2D eigenvalue weighted by Gasteiger charge is -2.17. The van der Waals surface area contributed by atoms with E-state index in [0.29, 0.717) is 0 Å². The number of nitrogens with zero attached hydrogens (tertiary/aromatic N) is 2. The zero-order valence-electron chi connectivity index (χ0n) is 9.90. The third kappa shape index (κ3) is 2.50. The largest absolute Gasteiger partial charge is 0.391 e. The third-order valence-corrected chi connectivity index (χ3v) is 3.07. The van der Waals surface area contributed by atoms with E-state index in [1.54, 1.807) is 0 Å². The number of aliphatic hydroxyl groups excluding tert-OH is 1. The van der Waals surface area contributed by atoms with Gasteiger partial charge >= 0.3 is 0 Å². The van der Waals surface area contributed by atoms with Gasteiger partial charge in [0.1, 0.15) is 11.6 Å². The highest BCUT2D eigenvalue weighted by Crippen LogP contribution is 2.22. The maximum absolute atomic E-state index is 9.74. The van der Waals surface area contributed by atoms with Crippen LogP contribution in [0.5, 0.6) is 0 Å². The maximum Gasteiger partial charge on any atom is 0.130 e. The van der Waals surface area contributed by atoms with Crippen LogP contribution in [0.4, 0.5) is 5.82 Å². The van der Waals surface area contributed by atoms with Crippen molar-refractivity contribution in [2.45, 2.75) is 51.7 Å². The molecule has 0 amide bonds. The molecular formula is C12H19N3O. The Morgan fingerprint density at radius 3 is 2.88 bits per heavy atom. The lowest BCUT2D eigenvalue weighted by atomic mass is 10.2. The van der Waals surface area contributed by atoms with Gasteiger partial charge in [0.2, 0.25) is 0 Å². The molecule has 1 aromatic heterocycles. The summed E-state index contributed by atoms with van der Waals surface area (Å²) in [4.78, 5) is 8.68. The molecular weight excluding hydrogens is 202 g/mol. The molecule has 4 nitrogen and oxygen atoms in total. The fourth-order valence-corrected chi connectivity index (χ4v) is 2.18. The first kappa shape index (κ1) is 11.3. The first-order valence-electron chi connectivity index (χ1n) is 5.98. The van der Waals surface area contributed by atoms with Crippen molar-refractivity contribution in [1.82, 2.24) is 9.97 Å². The molecule has 2 unspecified atom stereocenters.